The Morgan fingerprint density at radius 2 is 1.64 bits per heavy atom. The van der Waals surface area contributed by atoms with Gasteiger partial charge in [-0.3, -0.25) is 4.79 Å². The summed E-state index contributed by atoms with van der Waals surface area (Å²) in [7, 11) is -3.11. The summed E-state index contributed by atoms with van der Waals surface area (Å²) in [5, 5.41) is 0.525. The van der Waals surface area contributed by atoms with Gasteiger partial charge in [0.25, 0.3) is 0 Å². The first kappa shape index (κ1) is 19.0. The van der Waals surface area contributed by atoms with E-state index in [1.807, 2.05) is 0 Å². The second-order valence-corrected chi connectivity index (χ2v) is 10.3. The Hall–Kier alpha value is -0.780. The molecule has 0 spiro atoms. The maximum absolute atomic E-state index is 12.6. The Morgan fingerprint density at radius 1 is 1.04 bits per heavy atom. The van der Waals surface area contributed by atoms with E-state index in [1.54, 1.807) is 23.1 Å². The van der Waals surface area contributed by atoms with Gasteiger partial charge in [0.05, 0.1) is 10.5 Å². The fraction of sp³-hybridized carbons (Fsp3) is 0.611. The number of amides is 1. The normalized spacial score (nSPS) is 19.7. The molecule has 2 fully saturated rings. The van der Waals surface area contributed by atoms with Crippen molar-refractivity contribution in [2.45, 2.75) is 55.4 Å². The quantitative estimate of drug-likeness (QED) is 0.749. The number of hydrogen-bond donors (Lipinski definition) is 0. The van der Waals surface area contributed by atoms with Crippen LogP contribution in [0, 0.1) is 0 Å². The lowest BCUT2D eigenvalue weighted by Gasteiger charge is -2.41. The predicted molar refractivity (Wildman–Crippen MR) is 101 cm³/mol. The first-order valence-electron chi connectivity index (χ1n) is 8.83. The van der Waals surface area contributed by atoms with Crippen molar-refractivity contribution in [2.75, 3.05) is 13.1 Å². The van der Waals surface area contributed by atoms with E-state index in [2.05, 4.69) is 0 Å². The predicted octanol–water partition coefficient (Wildman–Crippen LogP) is 3.88. The highest BCUT2D eigenvalue weighted by atomic mass is 35.5. The molecule has 2 aliphatic rings. The zero-order valence-corrected chi connectivity index (χ0v) is 16.4. The van der Waals surface area contributed by atoms with Gasteiger partial charge in [-0.1, -0.05) is 48.5 Å². The summed E-state index contributed by atoms with van der Waals surface area (Å²) in [6, 6.07) is 5.28. The zero-order valence-electron chi connectivity index (χ0n) is 14.1. The molecular weight excluding hydrogens is 381 g/mol. The largest absolute Gasteiger partial charge is 0.340 e. The van der Waals surface area contributed by atoms with Crippen molar-refractivity contribution < 1.29 is 13.2 Å². The maximum Gasteiger partial charge on any atom is 0.222 e. The Kier molecular flexibility index (Phi) is 5.96. The number of halogens is 2. The third-order valence-electron chi connectivity index (χ3n) is 5.33. The minimum Gasteiger partial charge on any atom is -0.340 e. The van der Waals surface area contributed by atoms with Crippen molar-refractivity contribution in [1.29, 1.82) is 0 Å². The van der Waals surface area contributed by atoms with E-state index < -0.39 is 9.84 Å². The van der Waals surface area contributed by atoms with Crippen molar-refractivity contribution in [3.8, 4) is 0 Å². The van der Waals surface area contributed by atoms with Gasteiger partial charge in [-0.15, -0.1) is 0 Å². The Bertz CT molecular complexity index is 718. The molecule has 0 aromatic heterocycles. The molecular formula is C18H23Cl2NO3S. The van der Waals surface area contributed by atoms with Crippen molar-refractivity contribution in [3.05, 3.63) is 33.8 Å². The highest BCUT2D eigenvalue weighted by Gasteiger charge is 2.43. The summed E-state index contributed by atoms with van der Waals surface area (Å²) in [5.41, 5.74) is 0.770. The molecule has 1 saturated carbocycles. The highest BCUT2D eigenvalue weighted by molar-refractivity contribution is 7.92. The van der Waals surface area contributed by atoms with Crippen LogP contribution in [0.25, 0.3) is 0 Å². The van der Waals surface area contributed by atoms with Crippen molar-refractivity contribution in [1.82, 2.24) is 4.90 Å². The molecule has 1 aromatic rings. The van der Waals surface area contributed by atoms with Crippen LogP contribution in [0.15, 0.2) is 18.2 Å². The van der Waals surface area contributed by atoms with E-state index >= 15 is 0 Å². The third kappa shape index (κ3) is 4.15. The van der Waals surface area contributed by atoms with Crippen molar-refractivity contribution >= 4 is 38.9 Å². The maximum atomic E-state index is 12.6. The van der Waals surface area contributed by atoms with Crippen LogP contribution >= 0.6 is 23.2 Å². The van der Waals surface area contributed by atoms with Crippen LogP contribution in [0.4, 0.5) is 0 Å². The first-order valence-corrected chi connectivity index (χ1v) is 11.2. The van der Waals surface area contributed by atoms with Gasteiger partial charge in [-0.05, 0) is 37.0 Å². The lowest BCUT2D eigenvalue weighted by Crippen LogP contribution is -2.58. The average molecular weight is 404 g/mol. The lowest BCUT2D eigenvalue weighted by atomic mass is 10.0. The van der Waals surface area contributed by atoms with Gasteiger partial charge in [0.2, 0.25) is 5.91 Å². The molecule has 1 heterocycles. The zero-order chi connectivity index (χ0) is 18.0. The number of carbonyl (C=O) groups excluding carboxylic acids is 1. The Balaban J connectivity index is 1.51. The molecule has 1 amide bonds. The van der Waals surface area contributed by atoms with Crippen LogP contribution in [0.1, 0.15) is 44.1 Å². The monoisotopic (exact) mass is 403 g/mol. The number of benzene rings is 1. The summed E-state index contributed by atoms with van der Waals surface area (Å²) < 4.78 is 25.3. The Labute approximate surface area is 159 Å². The van der Waals surface area contributed by atoms with Gasteiger partial charge in [-0.2, -0.15) is 0 Å². The number of hydrogen-bond acceptors (Lipinski definition) is 3. The summed E-state index contributed by atoms with van der Waals surface area (Å²) >= 11 is 12.2. The van der Waals surface area contributed by atoms with E-state index in [0.29, 0.717) is 36.0 Å². The van der Waals surface area contributed by atoms with Gasteiger partial charge in [0.1, 0.15) is 0 Å². The molecule has 1 saturated heterocycles. The van der Waals surface area contributed by atoms with Crippen molar-refractivity contribution in [3.63, 3.8) is 0 Å². The van der Waals surface area contributed by atoms with Crippen LogP contribution < -0.4 is 0 Å². The fourth-order valence-electron chi connectivity index (χ4n) is 3.68. The van der Waals surface area contributed by atoms with Gasteiger partial charge in [-0.25, -0.2) is 8.42 Å². The van der Waals surface area contributed by atoms with Crippen molar-refractivity contribution in [2.24, 2.45) is 0 Å². The van der Waals surface area contributed by atoms with Gasteiger partial charge in [0.15, 0.2) is 9.84 Å². The van der Waals surface area contributed by atoms with Crippen LogP contribution in [0.3, 0.4) is 0 Å². The molecule has 1 aliphatic heterocycles. The molecule has 0 unspecified atom stereocenters. The second kappa shape index (κ2) is 7.85. The van der Waals surface area contributed by atoms with Gasteiger partial charge < -0.3 is 4.90 Å². The van der Waals surface area contributed by atoms with Crippen LogP contribution in [-0.4, -0.2) is 42.8 Å². The van der Waals surface area contributed by atoms with Gasteiger partial charge >= 0.3 is 0 Å². The standard InChI is InChI=1S/C18H23Cl2NO3S/c19-16-7-4-8-17(20)15(16)9-10-18(22)21-11-14(12-21)25(23,24)13-5-2-1-3-6-13/h4,7-8,13-14H,1-3,5-6,9-12H2. The van der Waals surface area contributed by atoms with E-state index in [1.165, 1.54) is 0 Å². The number of sulfone groups is 1. The number of rotatable bonds is 5. The molecule has 25 heavy (non-hydrogen) atoms. The molecule has 0 radical (unpaired) electrons. The molecule has 7 heteroatoms. The summed E-state index contributed by atoms with van der Waals surface area (Å²) in [6.07, 6.45) is 5.44. The van der Waals surface area contributed by atoms with Gasteiger partial charge in [0, 0.05) is 29.6 Å². The third-order valence-corrected chi connectivity index (χ3v) is 8.67. The van der Waals surface area contributed by atoms with Crippen LogP contribution in [-0.2, 0) is 21.1 Å². The molecule has 0 bridgehead atoms. The topological polar surface area (TPSA) is 54.5 Å². The summed E-state index contributed by atoms with van der Waals surface area (Å²) in [4.78, 5) is 13.9. The van der Waals surface area contributed by atoms with Crippen LogP contribution in [0.5, 0.6) is 0 Å². The molecule has 3 rings (SSSR count). The molecule has 4 nitrogen and oxygen atoms in total. The van der Waals surface area contributed by atoms with E-state index in [-0.39, 0.29) is 16.4 Å². The van der Waals surface area contributed by atoms with E-state index in [0.717, 1.165) is 37.7 Å². The highest BCUT2D eigenvalue weighted by Crippen LogP contribution is 2.30. The average Bonchev–Trinajstić information content (AvgIpc) is 2.53. The number of nitrogens with zero attached hydrogens (tertiary/aromatic N) is 1. The molecule has 0 atom stereocenters. The van der Waals surface area contributed by atoms with E-state index in [4.69, 9.17) is 23.2 Å². The minimum absolute atomic E-state index is 0.0360. The molecule has 1 aromatic carbocycles. The first-order chi connectivity index (χ1) is 11.9. The fourth-order valence-corrected chi connectivity index (χ4v) is 6.57. The van der Waals surface area contributed by atoms with E-state index in [9.17, 15) is 13.2 Å². The lowest BCUT2D eigenvalue weighted by molar-refractivity contribution is -0.134. The molecule has 0 N–H and O–H groups in total. The second-order valence-electron chi connectivity index (χ2n) is 6.97. The summed E-state index contributed by atoms with van der Waals surface area (Å²) in [5.74, 6) is -0.0360. The molecule has 138 valence electrons. The molecule has 1 aliphatic carbocycles. The minimum atomic E-state index is -3.11. The van der Waals surface area contributed by atoms with Crippen LogP contribution in [0.2, 0.25) is 10.0 Å². The smallest absolute Gasteiger partial charge is 0.222 e. The number of likely N-dealkylation sites (tertiary alicyclic amines) is 1. The summed E-state index contributed by atoms with van der Waals surface area (Å²) in [6.45, 7) is 0.655. The Morgan fingerprint density at radius 3 is 2.24 bits per heavy atom. The number of carbonyl (C=O) groups is 1. The SMILES string of the molecule is O=C(CCc1c(Cl)cccc1Cl)N1CC(S(=O)(=O)C2CCCCC2)C1.